The number of oxazole rings is 1. The van der Waals surface area contributed by atoms with Gasteiger partial charge in [0, 0.05) is 36.9 Å². The maximum absolute atomic E-state index is 12.5. The van der Waals surface area contributed by atoms with E-state index < -0.39 is 5.76 Å². The fourth-order valence-corrected chi connectivity index (χ4v) is 4.36. The van der Waals surface area contributed by atoms with Gasteiger partial charge in [-0.3, -0.25) is 14.6 Å². The van der Waals surface area contributed by atoms with Crippen molar-refractivity contribution < 1.29 is 18.7 Å². The molecule has 2 N–H and O–H groups in total. The SMILES string of the molecule is O=C(NC1[C@H]2CN(C(=O)C3[C@H]4COC[C@@H]34)C[C@@H]12)c1coc(=O)[nH]1. The Hall–Kier alpha value is -2.09. The number of aromatic nitrogens is 1. The summed E-state index contributed by atoms with van der Waals surface area (Å²) < 4.78 is 9.90. The highest BCUT2D eigenvalue weighted by Gasteiger charge is 2.63. The number of aromatic amines is 1. The molecular formula is C15H17N3O5. The van der Waals surface area contributed by atoms with Gasteiger partial charge in [0.05, 0.1) is 13.2 Å². The van der Waals surface area contributed by atoms with Crippen LogP contribution in [0.3, 0.4) is 0 Å². The van der Waals surface area contributed by atoms with Gasteiger partial charge in [0.2, 0.25) is 5.91 Å². The van der Waals surface area contributed by atoms with Gasteiger partial charge in [-0.25, -0.2) is 4.79 Å². The maximum atomic E-state index is 12.5. The first kappa shape index (κ1) is 13.4. The second-order valence-electron chi connectivity index (χ2n) is 7.02. The standard InChI is InChI=1S/C15H17N3O5/c19-13(10-5-23-15(21)16-10)17-12-6-1-18(2-7(6)12)14(20)11-8-3-22-4-9(8)11/h5-9,11-12H,1-4H2,(H,16,21)(H,17,19)/t6-,7+,8-,9+,11?,12?. The van der Waals surface area contributed by atoms with Crippen molar-refractivity contribution in [1.82, 2.24) is 15.2 Å². The summed E-state index contributed by atoms with van der Waals surface area (Å²) in [6, 6.07) is 0.0898. The van der Waals surface area contributed by atoms with Crippen LogP contribution >= 0.6 is 0 Å². The Morgan fingerprint density at radius 1 is 1.17 bits per heavy atom. The zero-order valence-electron chi connectivity index (χ0n) is 12.4. The van der Waals surface area contributed by atoms with Gasteiger partial charge in [-0.05, 0) is 11.8 Å². The topological polar surface area (TPSA) is 105 Å². The predicted molar refractivity (Wildman–Crippen MR) is 75.4 cm³/mol. The third-order valence-corrected chi connectivity index (χ3v) is 5.81. The molecule has 1 aromatic rings. The highest BCUT2D eigenvalue weighted by atomic mass is 16.5. The molecule has 8 heteroatoms. The first-order valence-corrected chi connectivity index (χ1v) is 7.98. The molecule has 2 saturated heterocycles. The molecule has 2 amide bonds. The minimum atomic E-state index is -0.637. The summed E-state index contributed by atoms with van der Waals surface area (Å²) >= 11 is 0. The molecule has 2 unspecified atom stereocenters. The second kappa shape index (κ2) is 4.47. The number of rotatable bonds is 3. The van der Waals surface area contributed by atoms with Crippen molar-refractivity contribution >= 4 is 11.8 Å². The number of likely N-dealkylation sites (tertiary alicyclic amines) is 1. The third kappa shape index (κ3) is 1.97. The van der Waals surface area contributed by atoms with Crippen LogP contribution in [0.15, 0.2) is 15.5 Å². The van der Waals surface area contributed by atoms with Crippen LogP contribution in [0.4, 0.5) is 0 Å². The first-order chi connectivity index (χ1) is 11.1. The number of carbonyl (C=O) groups excluding carboxylic acids is 2. The van der Waals surface area contributed by atoms with Gasteiger partial charge < -0.3 is 19.4 Å². The summed E-state index contributed by atoms with van der Waals surface area (Å²) in [7, 11) is 0. The largest absolute Gasteiger partial charge is 0.416 e. The van der Waals surface area contributed by atoms with E-state index in [0.717, 1.165) is 19.5 Å². The van der Waals surface area contributed by atoms with Crippen LogP contribution in [-0.4, -0.2) is 54.0 Å². The van der Waals surface area contributed by atoms with E-state index in [1.807, 2.05) is 4.90 Å². The molecule has 1 aromatic heterocycles. The maximum Gasteiger partial charge on any atom is 0.416 e. The van der Waals surface area contributed by atoms with E-state index in [1.54, 1.807) is 0 Å². The zero-order valence-corrected chi connectivity index (χ0v) is 12.4. The Labute approximate surface area is 131 Å². The van der Waals surface area contributed by atoms with E-state index in [-0.39, 0.29) is 29.5 Å². The van der Waals surface area contributed by atoms with Crippen LogP contribution in [0.5, 0.6) is 0 Å². The van der Waals surface area contributed by atoms with E-state index in [9.17, 15) is 14.4 Å². The monoisotopic (exact) mass is 319 g/mol. The lowest BCUT2D eigenvalue weighted by atomic mass is 10.2. The summed E-state index contributed by atoms with van der Waals surface area (Å²) in [4.78, 5) is 39.6. The fourth-order valence-electron chi connectivity index (χ4n) is 4.36. The average Bonchev–Trinajstić information content (AvgIpc) is 3.12. The van der Waals surface area contributed by atoms with Crippen LogP contribution in [0.25, 0.3) is 0 Å². The molecule has 8 nitrogen and oxygen atoms in total. The number of nitrogens with zero attached hydrogens (tertiary/aromatic N) is 1. The van der Waals surface area contributed by atoms with E-state index in [0.29, 0.717) is 36.8 Å². The van der Waals surface area contributed by atoms with Crippen molar-refractivity contribution in [2.24, 2.45) is 29.6 Å². The molecular weight excluding hydrogens is 302 g/mol. The Morgan fingerprint density at radius 2 is 1.87 bits per heavy atom. The molecule has 122 valence electrons. The van der Waals surface area contributed by atoms with E-state index >= 15 is 0 Å². The minimum absolute atomic E-state index is 0.0898. The van der Waals surface area contributed by atoms with Crippen LogP contribution in [-0.2, 0) is 9.53 Å². The molecule has 2 aliphatic heterocycles. The number of hydrogen-bond acceptors (Lipinski definition) is 5. The normalized spacial score (nSPS) is 39.7. The molecule has 0 aromatic carbocycles. The van der Waals surface area contributed by atoms with Gasteiger partial charge in [-0.15, -0.1) is 0 Å². The molecule has 3 heterocycles. The summed E-state index contributed by atoms with van der Waals surface area (Å²) in [6.45, 7) is 2.88. The molecule has 5 rings (SSSR count). The van der Waals surface area contributed by atoms with Crippen LogP contribution in [0.2, 0.25) is 0 Å². The molecule has 0 spiro atoms. The number of nitrogens with one attached hydrogen (secondary N) is 2. The van der Waals surface area contributed by atoms with Crippen molar-refractivity contribution in [1.29, 1.82) is 0 Å². The molecule has 23 heavy (non-hydrogen) atoms. The van der Waals surface area contributed by atoms with Gasteiger partial charge in [0.15, 0.2) is 0 Å². The van der Waals surface area contributed by atoms with Crippen molar-refractivity contribution in [3.63, 3.8) is 0 Å². The van der Waals surface area contributed by atoms with E-state index in [2.05, 4.69) is 14.7 Å². The van der Waals surface area contributed by atoms with Gasteiger partial charge in [0.1, 0.15) is 12.0 Å². The molecule has 0 radical (unpaired) electrons. The Kier molecular flexibility index (Phi) is 2.60. The lowest BCUT2D eigenvalue weighted by Crippen LogP contribution is -2.39. The van der Waals surface area contributed by atoms with Crippen molar-refractivity contribution in [3.05, 3.63) is 22.5 Å². The predicted octanol–water partition coefficient (Wildman–Crippen LogP) is -0.953. The Morgan fingerprint density at radius 3 is 2.48 bits per heavy atom. The summed E-state index contributed by atoms with van der Waals surface area (Å²) in [5, 5.41) is 2.90. The molecule has 0 bridgehead atoms. The summed E-state index contributed by atoms with van der Waals surface area (Å²) in [5.41, 5.74) is 0.138. The van der Waals surface area contributed by atoms with E-state index in [1.165, 1.54) is 0 Å². The van der Waals surface area contributed by atoms with Crippen molar-refractivity contribution in [2.45, 2.75) is 6.04 Å². The smallest absolute Gasteiger partial charge is 0.416 e. The number of ether oxygens (including phenoxy) is 1. The van der Waals surface area contributed by atoms with Gasteiger partial charge in [-0.2, -0.15) is 0 Å². The number of hydrogen-bond donors (Lipinski definition) is 2. The highest BCUT2D eigenvalue weighted by molar-refractivity contribution is 5.92. The number of fused-ring (bicyclic) bond motifs is 2. The molecule has 6 atom stereocenters. The molecule has 2 aliphatic carbocycles. The fraction of sp³-hybridized carbons (Fsp3) is 0.667. The lowest BCUT2D eigenvalue weighted by Gasteiger charge is -2.21. The molecule has 4 aliphatic rings. The van der Waals surface area contributed by atoms with Gasteiger partial charge in [0.25, 0.3) is 5.91 Å². The average molecular weight is 319 g/mol. The number of H-pyrrole nitrogens is 1. The number of amides is 2. The van der Waals surface area contributed by atoms with Crippen LogP contribution in [0, 0.1) is 29.6 Å². The van der Waals surface area contributed by atoms with Crippen LogP contribution < -0.4 is 11.1 Å². The summed E-state index contributed by atoms with van der Waals surface area (Å²) in [6.07, 6.45) is 1.12. The lowest BCUT2D eigenvalue weighted by molar-refractivity contribution is -0.133. The van der Waals surface area contributed by atoms with Crippen molar-refractivity contribution in [3.8, 4) is 0 Å². The van der Waals surface area contributed by atoms with Gasteiger partial charge >= 0.3 is 5.76 Å². The Bertz CT molecular complexity index is 717. The molecule has 4 fully saturated rings. The third-order valence-electron chi connectivity index (χ3n) is 5.81. The summed E-state index contributed by atoms with van der Waals surface area (Å²) in [5.74, 6) is 1.00. The van der Waals surface area contributed by atoms with Crippen molar-refractivity contribution in [2.75, 3.05) is 26.3 Å². The first-order valence-electron chi connectivity index (χ1n) is 7.98. The van der Waals surface area contributed by atoms with Crippen LogP contribution in [0.1, 0.15) is 10.5 Å². The van der Waals surface area contributed by atoms with E-state index in [4.69, 9.17) is 4.74 Å². The quantitative estimate of drug-likeness (QED) is 0.747. The minimum Gasteiger partial charge on any atom is -0.416 e. The number of piperidine rings is 1. The highest BCUT2D eigenvalue weighted by Crippen LogP contribution is 2.53. The number of carbonyl (C=O) groups is 2. The Balaban J connectivity index is 1.15. The molecule has 2 saturated carbocycles. The zero-order chi connectivity index (χ0) is 15.7. The second-order valence-corrected chi connectivity index (χ2v) is 7.02. The van der Waals surface area contributed by atoms with Gasteiger partial charge in [-0.1, -0.05) is 0 Å².